The van der Waals surface area contributed by atoms with Crippen LogP contribution < -0.4 is 11.1 Å². The number of nitrogens with one attached hydrogen (secondary N) is 1. The zero-order valence-electron chi connectivity index (χ0n) is 10.1. The Labute approximate surface area is 110 Å². The summed E-state index contributed by atoms with van der Waals surface area (Å²) in [6.07, 6.45) is 0. The first-order chi connectivity index (χ1) is 8.72. The molecule has 0 radical (unpaired) electrons. The lowest BCUT2D eigenvalue weighted by atomic mass is 10.1. The van der Waals surface area contributed by atoms with Crippen LogP contribution in [0.1, 0.15) is 16.1 Å². The van der Waals surface area contributed by atoms with E-state index in [-0.39, 0.29) is 5.91 Å². The molecule has 5 heteroatoms. The Bertz CT molecular complexity index is 533. The van der Waals surface area contributed by atoms with Crippen molar-refractivity contribution in [2.75, 3.05) is 13.1 Å². The summed E-state index contributed by atoms with van der Waals surface area (Å²) in [6, 6.07) is 8.05. The lowest BCUT2D eigenvalue weighted by Gasteiger charge is -2.04. The summed E-state index contributed by atoms with van der Waals surface area (Å²) in [5, 5.41) is 2.74. The standard InChI is InChI=1S/C13H15N3OS/c1-9-2-4-10(5-3-9)12-11(16-8-18-12)13(17)15-7-6-14/h2-5,8H,6-7,14H2,1H3,(H,15,17). The van der Waals surface area contributed by atoms with Gasteiger partial charge in [-0.3, -0.25) is 4.79 Å². The average Bonchev–Trinajstić information content (AvgIpc) is 2.86. The molecule has 0 aliphatic carbocycles. The van der Waals surface area contributed by atoms with E-state index in [1.807, 2.05) is 31.2 Å². The van der Waals surface area contributed by atoms with Gasteiger partial charge in [0.15, 0.2) is 0 Å². The van der Waals surface area contributed by atoms with Gasteiger partial charge in [-0.25, -0.2) is 4.98 Å². The molecular weight excluding hydrogens is 246 g/mol. The molecule has 4 nitrogen and oxygen atoms in total. The van der Waals surface area contributed by atoms with Crippen molar-refractivity contribution in [2.45, 2.75) is 6.92 Å². The molecule has 0 fully saturated rings. The SMILES string of the molecule is Cc1ccc(-c2scnc2C(=O)NCCN)cc1. The van der Waals surface area contributed by atoms with Crippen LogP contribution in [0.25, 0.3) is 10.4 Å². The third kappa shape index (κ3) is 2.75. The van der Waals surface area contributed by atoms with E-state index in [0.29, 0.717) is 18.8 Å². The van der Waals surface area contributed by atoms with Gasteiger partial charge in [-0.15, -0.1) is 11.3 Å². The van der Waals surface area contributed by atoms with Gasteiger partial charge in [-0.05, 0) is 12.5 Å². The minimum Gasteiger partial charge on any atom is -0.349 e. The van der Waals surface area contributed by atoms with Crippen molar-refractivity contribution in [2.24, 2.45) is 5.73 Å². The number of carbonyl (C=O) groups excluding carboxylic acids is 1. The number of hydrogen-bond donors (Lipinski definition) is 2. The van der Waals surface area contributed by atoms with Crippen LogP contribution in [0.4, 0.5) is 0 Å². The van der Waals surface area contributed by atoms with Gasteiger partial charge in [0.1, 0.15) is 5.69 Å². The first-order valence-electron chi connectivity index (χ1n) is 5.71. The fourth-order valence-electron chi connectivity index (χ4n) is 1.59. The summed E-state index contributed by atoms with van der Waals surface area (Å²) < 4.78 is 0. The van der Waals surface area contributed by atoms with Crippen molar-refractivity contribution in [1.82, 2.24) is 10.3 Å². The van der Waals surface area contributed by atoms with E-state index >= 15 is 0 Å². The Kier molecular flexibility index (Phi) is 4.07. The van der Waals surface area contributed by atoms with Crippen molar-refractivity contribution in [3.8, 4) is 10.4 Å². The third-order valence-corrected chi connectivity index (χ3v) is 3.40. The number of carbonyl (C=O) groups is 1. The van der Waals surface area contributed by atoms with Crippen molar-refractivity contribution in [3.05, 3.63) is 41.0 Å². The summed E-state index contributed by atoms with van der Waals surface area (Å²) in [4.78, 5) is 16.9. The first kappa shape index (κ1) is 12.7. The van der Waals surface area contributed by atoms with Gasteiger partial charge < -0.3 is 11.1 Å². The van der Waals surface area contributed by atoms with Gasteiger partial charge in [0.25, 0.3) is 5.91 Å². The Morgan fingerprint density at radius 3 is 2.78 bits per heavy atom. The second kappa shape index (κ2) is 5.75. The van der Waals surface area contributed by atoms with Gasteiger partial charge in [0, 0.05) is 13.1 Å². The van der Waals surface area contributed by atoms with Crippen molar-refractivity contribution >= 4 is 17.2 Å². The maximum Gasteiger partial charge on any atom is 0.271 e. The summed E-state index contributed by atoms with van der Waals surface area (Å²) in [5.41, 5.74) is 9.73. The number of nitrogens with two attached hydrogens (primary N) is 1. The molecule has 0 bridgehead atoms. The van der Waals surface area contributed by atoms with Gasteiger partial charge in [-0.2, -0.15) is 0 Å². The summed E-state index contributed by atoms with van der Waals surface area (Å²) in [5.74, 6) is -0.169. The van der Waals surface area contributed by atoms with Crippen LogP contribution >= 0.6 is 11.3 Å². The monoisotopic (exact) mass is 261 g/mol. The molecule has 0 atom stereocenters. The van der Waals surface area contributed by atoms with E-state index in [9.17, 15) is 4.79 Å². The molecule has 2 rings (SSSR count). The number of aryl methyl sites for hydroxylation is 1. The first-order valence-corrected chi connectivity index (χ1v) is 6.59. The smallest absolute Gasteiger partial charge is 0.271 e. The van der Waals surface area contributed by atoms with Gasteiger partial charge >= 0.3 is 0 Å². The molecule has 3 N–H and O–H groups in total. The molecule has 0 aliphatic heterocycles. The van der Waals surface area contributed by atoms with E-state index in [2.05, 4.69) is 10.3 Å². The van der Waals surface area contributed by atoms with Gasteiger partial charge in [0.05, 0.1) is 10.4 Å². The highest BCUT2D eigenvalue weighted by molar-refractivity contribution is 7.13. The maximum absolute atomic E-state index is 11.9. The van der Waals surface area contributed by atoms with E-state index in [1.54, 1.807) is 5.51 Å². The highest BCUT2D eigenvalue weighted by atomic mass is 32.1. The van der Waals surface area contributed by atoms with Crippen molar-refractivity contribution < 1.29 is 4.79 Å². The molecule has 0 saturated heterocycles. The second-order valence-corrected chi connectivity index (χ2v) is 4.80. The van der Waals surface area contributed by atoms with Gasteiger partial charge in [0.2, 0.25) is 0 Å². The van der Waals surface area contributed by atoms with Crippen LogP contribution in [0.5, 0.6) is 0 Å². The predicted molar refractivity (Wildman–Crippen MR) is 73.7 cm³/mol. The molecule has 0 aliphatic rings. The number of rotatable bonds is 4. The molecule has 0 spiro atoms. The van der Waals surface area contributed by atoms with Crippen molar-refractivity contribution in [3.63, 3.8) is 0 Å². The average molecular weight is 261 g/mol. The minimum atomic E-state index is -0.169. The number of amides is 1. The van der Waals surface area contributed by atoms with Gasteiger partial charge in [-0.1, -0.05) is 29.8 Å². The Balaban J connectivity index is 2.27. The molecule has 1 aromatic carbocycles. The van der Waals surface area contributed by atoms with E-state index in [4.69, 9.17) is 5.73 Å². The largest absolute Gasteiger partial charge is 0.349 e. The third-order valence-electron chi connectivity index (χ3n) is 2.53. The Hall–Kier alpha value is -1.72. The molecule has 94 valence electrons. The summed E-state index contributed by atoms with van der Waals surface area (Å²) in [6.45, 7) is 2.92. The highest BCUT2D eigenvalue weighted by Gasteiger charge is 2.15. The number of thiazole rings is 1. The Morgan fingerprint density at radius 1 is 1.39 bits per heavy atom. The molecule has 0 saturated carbocycles. The summed E-state index contributed by atoms with van der Waals surface area (Å²) >= 11 is 1.47. The fraction of sp³-hybridized carbons (Fsp3) is 0.231. The molecule has 2 aromatic rings. The molecule has 1 amide bonds. The minimum absolute atomic E-state index is 0.169. The van der Waals surface area contributed by atoms with Crippen molar-refractivity contribution in [1.29, 1.82) is 0 Å². The second-order valence-electron chi connectivity index (χ2n) is 3.94. The zero-order chi connectivity index (χ0) is 13.0. The topological polar surface area (TPSA) is 68.0 Å². The van der Waals surface area contributed by atoms with Crippen LogP contribution in [0, 0.1) is 6.92 Å². The lowest BCUT2D eigenvalue weighted by Crippen LogP contribution is -2.29. The summed E-state index contributed by atoms with van der Waals surface area (Å²) in [7, 11) is 0. The van der Waals surface area contributed by atoms with E-state index in [0.717, 1.165) is 10.4 Å². The van der Waals surface area contributed by atoms with Crippen LogP contribution in [-0.2, 0) is 0 Å². The lowest BCUT2D eigenvalue weighted by molar-refractivity contribution is 0.0951. The van der Waals surface area contributed by atoms with Crippen LogP contribution in [0.15, 0.2) is 29.8 Å². The predicted octanol–water partition coefficient (Wildman–Crippen LogP) is 1.81. The van der Waals surface area contributed by atoms with E-state index in [1.165, 1.54) is 16.9 Å². The molecule has 1 heterocycles. The quantitative estimate of drug-likeness (QED) is 0.882. The van der Waals surface area contributed by atoms with Crippen LogP contribution in [0.2, 0.25) is 0 Å². The Morgan fingerprint density at radius 2 is 2.11 bits per heavy atom. The normalized spacial score (nSPS) is 10.3. The fourth-order valence-corrected chi connectivity index (χ4v) is 2.38. The molecule has 18 heavy (non-hydrogen) atoms. The molecular formula is C13H15N3OS. The maximum atomic E-state index is 11.9. The number of nitrogens with zero attached hydrogens (tertiary/aromatic N) is 1. The zero-order valence-corrected chi connectivity index (χ0v) is 11.0. The molecule has 1 aromatic heterocycles. The number of benzene rings is 1. The molecule has 0 unspecified atom stereocenters. The highest BCUT2D eigenvalue weighted by Crippen LogP contribution is 2.27. The number of aromatic nitrogens is 1. The number of hydrogen-bond acceptors (Lipinski definition) is 4. The van der Waals surface area contributed by atoms with Crippen LogP contribution in [-0.4, -0.2) is 24.0 Å². The van der Waals surface area contributed by atoms with Crippen LogP contribution in [0.3, 0.4) is 0 Å². The van der Waals surface area contributed by atoms with E-state index < -0.39 is 0 Å².